The van der Waals surface area contributed by atoms with E-state index in [0.717, 1.165) is 18.4 Å². The van der Waals surface area contributed by atoms with Crippen LogP contribution in [-0.2, 0) is 11.8 Å². The fourth-order valence-corrected chi connectivity index (χ4v) is 2.13. The molecule has 2 aromatic heterocycles. The number of hydrogen-bond donors (Lipinski definition) is 2. The summed E-state index contributed by atoms with van der Waals surface area (Å²) in [6.07, 6.45) is 5.28. The average molecular weight is 246 g/mol. The Hall–Kier alpha value is -2.11. The van der Waals surface area contributed by atoms with Crippen LogP contribution in [0, 0.1) is 5.92 Å². The molecule has 6 heteroatoms. The topological polar surface area (TPSA) is 80.0 Å². The molecule has 0 amide bonds. The molecular formula is C12H14N4O2. The number of aliphatic carboxylic acids is 1. The van der Waals surface area contributed by atoms with Crippen molar-refractivity contribution in [3.8, 4) is 0 Å². The number of pyridine rings is 1. The van der Waals surface area contributed by atoms with Crippen molar-refractivity contribution in [3.05, 3.63) is 18.6 Å². The highest BCUT2D eigenvalue weighted by atomic mass is 16.4. The molecule has 2 heterocycles. The van der Waals surface area contributed by atoms with Crippen molar-refractivity contribution in [2.75, 3.05) is 5.32 Å². The molecule has 0 bridgehead atoms. The molecule has 0 radical (unpaired) electrons. The summed E-state index contributed by atoms with van der Waals surface area (Å²) in [5.74, 6) is -0.0668. The van der Waals surface area contributed by atoms with Crippen molar-refractivity contribution in [3.63, 3.8) is 0 Å². The third kappa shape index (κ3) is 1.79. The lowest BCUT2D eigenvalue weighted by molar-refractivity contribution is -0.138. The van der Waals surface area contributed by atoms with Gasteiger partial charge in [0.05, 0.1) is 11.8 Å². The number of carboxylic acids is 1. The second kappa shape index (κ2) is 3.97. The normalized spacial score (nSPS) is 16.7. The summed E-state index contributed by atoms with van der Waals surface area (Å²) < 4.78 is 1.88. The molecule has 2 aromatic rings. The SMILES string of the molecule is Cn1cnc2c(NC(C(=O)O)C3CC3)nccc21. The van der Waals surface area contributed by atoms with Crippen molar-refractivity contribution in [1.29, 1.82) is 0 Å². The molecule has 94 valence electrons. The Morgan fingerprint density at radius 3 is 3.00 bits per heavy atom. The lowest BCUT2D eigenvalue weighted by Gasteiger charge is -2.14. The molecule has 1 aliphatic carbocycles. The van der Waals surface area contributed by atoms with E-state index < -0.39 is 12.0 Å². The molecule has 1 unspecified atom stereocenters. The van der Waals surface area contributed by atoms with Gasteiger partial charge < -0.3 is 15.0 Å². The number of rotatable bonds is 4. The van der Waals surface area contributed by atoms with Gasteiger partial charge >= 0.3 is 5.97 Å². The first-order valence-corrected chi connectivity index (χ1v) is 5.92. The van der Waals surface area contributed by atoms with Crippen molar-refractivity contribution in [1.82, 2.24) is 14.5 Å². The Balaban J connectivity index is 1.96. The first kappa shape index (κ1) is 11.0. The first-order valence-electron chi connectivity index (χ1n) is 5.92. The molecule has 1 fully saturated rings. The second-order valence-corrected chi connectivity index (χ2v) is 4.68. The smallest absolute Gasteiger partial charge is 0.326 e. The zero-order valence-electron chi connectivity index (χ0n) is 10.00. The van der Waals surface area contributed by atoms with Crippen LogP contribution < -0.4 is 5.32 Å². The van der Waals surface area contributed by atoms with Crippen molar-refractivity contribution >= 4 is 22.8 Å². The van der Waals surface area contributed by atoms with Crippen LogP contribution in [-0.4, -0.2) is 31.7 Å². The Morgan fingerprint density at radius 1 is 1.56 bits per heavy atom. The first-order chi connectivity index (χ1) is 8.66. The number of imidazole rings is 1. The van der Waals surface area contributed by atoms with Crippen molar-refractivity contribution in [2.24, 2.45) is 13.0 Å². The highest BCUT2D eigenvalue weighted by molar-refractivity contribution is 5.88. The Bertz CT molecular complexity index is 603. The number of nitrogens with zero attached hydrogens (tertiary/aromatic N) is 3. The van der Waals surface area contributed by atoms with E-state index in [1.807, 2.05) is 17.7 Å². The van der Waals surface area contributed by atoms with E-state index in [1.165, 1.54) is 0 Å². The minimum atomic E-state index is -0.827. The van der Waals surface area contributed by atoms with Gasteiger partial charge in [0.15, 0.2) is 5.82 Å². The molecule has 6 nitrogen and oxygen atoms in total. The van der Waals surface area contributed by atoms with E-state index in [1.54, 1.807) is 12.5 Å². The van der Waals surface area contributed by atoms with E-state index in [0.29, 0.717) is 11.3 Å². The lowest BCUT2D eigenvalue weighted by Crippen LogP contribution is -2.31. The van der Waals surface area contributed by atoms with Gasteiger partial charge in [-0.2, -0.15) is 0 Å². The van der Waals surface area contributed by atoms with Gasteiger partial charge in [-0.15, -0.1) is 0 Å². The number of nitrogens with one attached hydrogen (secondary N) is 1. The zero-order chi connectivity index (χ0) is 12.7. The molecule has 0 aliphatic heterocycles. The molecule has 0 saturated heterocycles. The number of carbonyl (C=O) groups is 1. The van der Waals surface area contributed by atoms with Gasteiger partial charge in [-0.1, -0.05) is 0 Å². The molecule has 18 heavy (non-hydrogen) atoms. The number of anilines is 1. The summed E-state index contributed by atoms with van der Waals surface area (Å²) in [4.78, 5) is 19.7. The minimum Gasteiger partial charge on any atom is -0.480 e. The van der Waals surface area contributed by atoms with Gasteiger partial charge in [0.1, 0.15) is 11.6 Å². The Labute approximate surface area is 104 Å². The van der Waals surface area contributed by atoms with E-state index in [-0.39, 0.29) is 5.92 Å². The molecule has 1 aliphatic rings. The van der Waals surface area contributed by atoms with Crippen LogP contribution in [0.15, 0.2) is 18.6 Å². The van der Waals surface area contributed by atoms with Crippen molar-refractivity contribution in [2.45, 2.75) is 18.9 Å². The third-order valence-corrected chi connectivity index (χ3v) is 3.29. The predicted octanol–water partition coefficient (Wildman–Crippen LogP) is 1.24. The summed E-state index contributed by atoms with van der Waals surface area (Å²) in [6, 6.07) is 1.30. The summed E-state index contributed by atoms with van der Waals surface area (Å²) in [5.41, 5.74) is 1.65. The average Bonchev–Trinajstić information content (AvgIpc) is 3.11. The zero-order valence-corrected chi connectivity index (χ0v) is 10.00. The molecule has 1 atom stereocenters. The maximum absolute atomic E-state index is 11.2. The van der Waals surface area contributed by atoms with Crippen LogP contribution in [0.25, 0.3) is 11.0 Å². The van der Waals surface area contributed by atoms with E-state index in [9.17, 15) is 9.90 Å². The molecule has 1 saturated carbocycles. The van der Waals surface area contributed by atoms with E-state index >= 15 is 0 Å². The number of hydrogen-bond acceptors (Lipinski definition) is 4. The molecule has 3 rings (SSSR count). The fourth-order valence-electron chi connectivity index (χ4n) is 2.13. The number of aromatic nitrogens is 3. The summed E-state index contributed by atoms with van der Waals surface area (Å²) in [7, 11) is 1.90. The molecule has 2 N–H and O–H groups in total. The summed E-state index contributed by atoms with van der Waals surface area (Å²) in [5, 5.41) is 12.2. The largest absolute Gasteiger partial charge is 0.480 e. The van der Waals surface area contributed by atoms with Gasteiger partial charge in [-0.05, 0) is 24.8 Å². The number of carboxylic acid groups (broad SMARTS) is 1. The lowest BCUT2D eigenvalue weighted by atomic mass is 10.2. The third-order valence-electron chi connectivity index (χ3n) is 3.29. The van der Waals surface area contributed by atoms with Gasteiger partial charge in [0, 0.05) is 13.2 Å². The van der Waals surface area contributed by atoms with Gasteiger partial charge in [0.2, 0.25) is 0 Å². The van der Waals surface area contributed by atoms with Crippen LogP contribution in [0.3, 0.4) is 0 Å². The van der Waals surface area contributed by atoms with Crippen molar-refractivity contribution < 1.29 is 9.90 Å². The molecule has 0 spiro atoms. The Morgan fingerprint density at radius 2 is 2.33 bits per heavy atom. The number of fused-ring (bicyclic) bond motifs is 1. The maximum atomic E-state index is 11.2. The van der Waals surface area contributed by atoms with Crippen LogP contribution in [0.4, 0.5) is 5.82 Å². The molecular weight excluding hydrogens is 232 g/mol. The minimum absolute atomic E-state index is 0.211. The van der Waals surface area contributed by atoms with Gasteiger partial charge in [-0.3, -0.25) is 0 Å². The van der Waals surface area contributed by atoms with Gasteiger partial charge in [-0.25, -0.2) is 14.8 Å². The highest BCUT2D eigenvalue weighted by Gasteiger charge is 2.36. The quantitative estimate of drug-likeness (QED) is 0.848. The van der Waals surface area contributed by atoms with Crippen LogP contribution in [0.2, 0.25) is 0 Å². The van der Waals surface area contributed by atoms with Crippen LogP contribution in [0.5, 0.6) is 0 Å². The van der Waals surface area contributed by atoms with Crippen LogP contribution in [0.1, 0.15) is 12.8 Å². The summed E-state index contributed by atoms with van der Waals surface area (Å²) in [6.45, 7) is 0. The highest BCUT2D eigenvalue weighted by Crippen LogP contribution is 2.34. The summed E-state index contributed by atoms with van der Waals surface area (Å²) >= 11 is 0. The Kier molecular flexibility index (Phi) is 2.43. The standard InChI is InChI=1S/C12H14N4O2/c1-16-6-14-10-8(16)4-5-13-11(10)15-9(12(17)18)7-2-3-7/h4-7,9H,2-3H2,1H3,(H,13,15)(H,17,18). The van der Waals surface area contributed by atoms with Gasteiger partial charge in [0.25, 0.3) is 0 Å². The second-order valence-electron chi connectivity index (χ2n) is 4.68. The van der Waals surface area contributed by atoms with E-state index in [2.05, 4.69) is 15.3 Å². The number of aryl methyl sites for hydroxylation is 1. The maximum Gasteiger partial charge on any atom is 0.326 e. The van der Waals surface area contributed by atoms with Crippen LogP contribution >= 0.6 is 0 Å². The monoisotopic (exact) mass is 246 g/mol. The fraction of sp³-hybridized carbons (Fsp3) is 0.417. The predicted molar refractivity (Wildman–Crippen MR) is 66.3 cm³/mol. The molecule has 0 aromatic carbocycles. The van der Waals surface area contributed by atoms with E-state index in [4.69, 9.17) is 0 Å².